The minimum absolute atomic E-state index is 0.191. The molecule has 1 heterocycles. The lowest BCUT2D eigenvalue weighted by Gasteiger charge is -1.99. The van der Waals surface area contributed by atoms with Gasteiger partial charge in [-0.15, -0.1) is 5.11 Å². The van der Waals surface area contributed by atoms with Gasteiger partial charge in [0.2, 0.25) is 0 Å². The molecule has 0 aliphatic carbocycles. The number of methoxy groups -OCH3 is 1. The van der Waals surface area contributed by atoms with Gasteiger partial charge in [0.05, 0.1) is 30.2 Å². The largest absolute Gasteiger partial charge is 0.465 e. The molecule has 0 aliphatic rings. The van der Waals surface area contributed by atoms with Gasteiger partial charge in [-0.25, -0.2) is 9.48 Å². The van der Waals surface area contributed by atoms with Gasteiger partial charge in [-0.3, -0.25) is 9.89 Å². The Labute approximate surface area is 137 Å². The van der Waals surface area contributed by atoms with E-state index in [1.165, 1.54) is 18.0 Å². The molecule has 1 N–H and O–H groups in total. The highest BCUT2D eigenvalue weighted by atomic mass is 16.5. The van der Waals surface area contributed by atoms with Crippen LogP contribution < -0.4 is 5.56 Å². The highest BCUT2D eigenvalue weighted by Crippen LogP contribution is 2.17. The average Bonchev–Trinajstić information content (AvgIpc) is 3.01. The lowest BCUT2D eigenvalue weighted by Crippen LogP contribution is -2.13. The third-order valence-electron chi connectivity index (χ3n) is 3.33. The third kappa shape index (κ3) is 3.14. The van der Waals surface area contributed by atoms with E-state index in [1.54, 1.807) is 24.3 Å². The van der Waals surface area contributed by atoms with Crippen LogP contribution >= 0.6 is 0 Å². The van der Waals surface area contributed by atoms with Crippen LogP contribution in [0.25, 0.3) is 5.69 Å². The number of benzene rings is 2. The molecule has 0 aliphatic heterocycles. The fourth-order valence-corrected chi connectivity index (χ4v) is 2.09. The average molecular weight is 322 g/mol. The molecule has 0 spiro atoms. The van der Waals surface area contributed by atoms with Gasteiger partial charge in [0, 0.05) is 0 Å². The number of hydrogen-bond acceptors (Lipinski definition) is 5. The molecule has 120 valence electrons. The van der Waals surface area contributed by atoms with E-state index >= 15 is 0 Å². The van der Waals surface area contributed by atoms with Crippen LogP contribution in [0.5, 0.6) is 0 Å². The Morgan fingerprint density at radius 2 is 1.75 bits per heavy atom. The molecular weight excluding hydrogens is 308 g/mol. The van der Waals surface area contributed by atoms with Crippen molar-refractivity contribution < 1.29 is 9.53 Å². The molecule has 3 rings (SSSR count). The van der Waals surface area contributed by atoms with Crippen LogP contribution in [-0.2, 0) is 4.74 Å². The molecule has 0 amide bonds. The molecule has 3 aromatic rings. The molecule has 24 heavy (non-hydrogen) atoms. The maximum atomic E-state index is 12.3. The number of carbonyl (C=O) groups excluding carboxylic acids is 1. The molecule has 1 aromatic heterocycles. The first-order valence-corrected chi connectivity index (χ1v) is 7.15. The quantitative estimate of drug-likeness (QED) is 0.590. The van der Waals surface area contributed by atoms with Crippen LogP contribution in [0.2, 0.25) is 0 Å². The van der Waals surface area contributed by atoms with Gasteiger partial charge in [0.15, 0.2) is 5.69 Å². The Hall–Kier alpha value is -3.48. The SMILES string of the molecule is COC(=O)c1ccc(N=Nc2c[nH]n(-c3ccccc3)c2=O)cc1. The van der Waals surface area contributed by atoms with Gasteiger partial charge < -0.3 is 4.74 Å². The summed E-state index contributed by atoms with van der Waals surface area (Å²) in [4.78, 5) is 23.7. The van der Waals surface area contributed by atoms with E-state index in [2.05, 4.69) is 20.1 Å². The predicted molar refractivity (Wildman–Crippen MR) is 88.3 cm³/mol. The maximum Gasteiger partial charge on any atom is 0.337 e. The Morgan fingerprint density at radius 3 is 2.42 bits per heavy atom. The highest BCUT2D eigenvalue weighted by Gasteiger charge is 2.07. The van der Waals surface area contributed by atoms with E-state index in [0.717, 1.165) is 0 Å². The Morgan fingerprint density at radius 1 is 1.04 bits per heavy atom. The van der Waals surface area contributed by atoms with Crippen LogP contribution in [-0.4, -0.2) is 22.9 Å². The molecular formula is C17H14N4O3. The van der Waals surface area contributed by atoms with E-state index in [1.807, 2.05) is 30.3 Å². The van der Waals surface area contributed by atoms with Crippen molar-refractivity contribution in [1.82, 2.24) is 9.78 Å². The first-order valence-electron chi connectivity index (χ1n) is 7.15. The monoisotopic (exact) mass is 322 g/mol. The van der Waals surface area contributed by atoms with Crippen molar-refractivity contribution in [3.8, 4) is 5.69 Å². The summed E-state index contributed by atoms with van der Waals surface area (Å²) in [5.41, 5.74) is 1.55. The number of aromatic nitrogens is 2. The molecule has 7 heteroatoms. The molecule has 2 aromatic carbocycles. The lowest BCUT2D eigenvalue weighted by atomic mass is 10.2. The summed E-state index contributed by atoms with van der Waals surface area (Å²) in [5, 5.41) is 10.8. The number of azo groups is 1. The zero-order valence-electron chi connectivity index (χ0n) is 12.8. The molecule has 0 atom stereocenters. The number of aromatic amines is 1. The molecule has 7 nitrogen and oxygen atoms in total. The summed E-state index contributed by atoms with van der Waals surface area (Å²) in [7, 11) is 1.32. The number of H-pyrrole nitrogens is 1. The van der Waals surface area contributed by atoms with Crippen LogP contribution in [0.4, 0.5) is 11.4 Å². The summed E-state index contributed by atoms with van der Waals surface area (Å²) in [6, 6.07) is 15.6. The summed E-state index contributed by atoms with van der Waals surface area (Å²) >= 11 is 0. The molecule has 0 saturated heterocycles. The van der Waals surface area contributed by atoms with Gasteiger partial charge in [0.1, 0.15) is 0 Å². The van der Waals surface area contributed by atoms with Gasteiger partial charge in [-0.2, -0.15) is 5.11 Å². The second-order valence-corrected chi connectivity index (χ2v) is 4.87. The number of nitrogens with one attached hydrogen (secondary N) is 1. The third-order valence-corrected chi connectivity index (χ3v) is 3.33. The van der Waals surface area contributed by atoms with Crippen molar-refractivity contribution in [3.05, 3.63) is 76.7 Å². The topological polar surface area (TPSA) is 88.8 Å². The second kappa shape index (κ2) is 6.74. The smallest absolute Gasteiger partial charge is 0.337 e. The number of rotatable bonds is 4. The Balaban J connectivity index is 1.82. The van der Waals surface area contributed by atoms with Crippen molar-refractivity contribution in [1.29, 1.82) is 0 Å². The Bertz CT molecular complexity index is 924. The molecule has 0 unspecified atom stereocenters. The number of esters is 1. The molecule has 0 bridgehead atoms. The number of carbonyl (C=O) groups is 1. The van der Waals surface area contributed by atoms with Crippen molar-refractivity contribution in [2.45, 2.75) is 0 Å². The second-order valence-electron chi connectivity index (χ2n) is 4.87. The fourth-order valence-electron chi connectivity index (χ4n) is 2.09. The first-order chi connectivity index (χ1) is 11.7. The van der Waals surface area contributed by atoms with Crippen molar-refractivity contribution in [2.75, 3.05) is 7.11 Å². The minimum Gasteiger partial charge on any atom is -0.465 e. The normalized spacial score (nSPS) is 10.9. The van der Waals surface area contributed by atoms with Crippen LogP contribution in [0.1, 0.15) is 10.4 Å². The summed E-state index contributed by atoms with van der Waals surface area (Å²) < 4.78 is 6.01. The fraction of sp³-hybridized carbons (Fsp3) is 0.0588. The zero-order valence-corrected chi connectivity index (χ0v) is 12.8. The number of hydrogen-bond donors (Lipinski definition) is 1. The van der Waals surface area contributed by atoms with E-state index in [0.29, 0.717) is 16.9 Å². The minimum atomic E-state index is -0.421. The van der Waals surface area contributed by atoms with E-state index < -0.39 is 5.97 Å². The summed E-state index contributed by atoms with van der Waals surface area (Å²) in [6.45, 7) is 0. The number of nitrogens with zero attached hydrogens (tertiary/aromatic N) is 3. The van der Waals surface area contributed by atoms with E-state index in [-0.39, 0.29) is 11.2 Å². The summed E-state index contributed by atoms with van der Waals surface area (Å²) in [5.74, 6) is -0.421. The van der Waals surface area contributed by atoms with Crippen LogP contribution in [0.3, 0.4) is 0 Å². The van der Waals surface area contributed by atoms with Gasteiger partial charge in [0.25, 0.3) is 5.56 Å². The van der Waals surface area contributed by atoms with Gasteiger partial charge in [-0.1, -0.05) is 18.2 Å². The molecule has 0 saturated carbocycles. The maximum absolute atomic E-state index is 12.3. The van der Waals surface area contributed by atoms with Crippen molar-refractivity contribution in [3.63, 3.8) is 0 Å². The number of ether oxygens (including phenoxy) is 1. The Kier molecular flexibility index (Phi) is 4.33. The lowest BCUT2D eigenvalue weighted by molar-refractivity contribution is 0.0601. The van der Waals surface area contributed by atoms with Gasteiger partial charge in [-0.05, 0) is 36.4 Å². The highest BCUT2D eigenvalue weighted by molar-refractivity contribution is 5.89. The van der Waals surface area contributed by atoms with E-state index in [4.69, 9.17) is 0 Å². The standard InChI is InChI=1S/C17H14N4O3/c1-24-17(23)12-7-9-13(10-8-12)19-20-15-11-18-21(16(15)22)14-5-3-2-4-6-14/h2-11,18H,1H3. The molecule has 0 fully saturated rings. The van der Waals surface area contributed by atoms with Crippen molar-refractivity contribution >= 4 is 17.3 Å². The first kappa shape index (κ1) is 15.4. The van der Waals surface area contributed by atoms with Crippen molar-refractivity contribution in [2.24, 2.45) is 10.2 Å². The molecule has 0 radical (unpaired) electrons. The zero-order chi connectivity index (χ0) is 16.9. The van der Waals surface area contributed by atoms with Crippen LogP contribution in [0.15, 0.2) is 75.8 Å². The number of para-hydroxylation sites is 1. The predicted octanol–water partition coefficient (Wildman–Crippen LogP) is 3.37. The van der Waals surface area contributed by atoms with Gasteiger partial charge >= 0.3 is 5.97 Å². The van der Waals surface area contributed by atoms with E-state index in [9.17, 15) is 9.59 Å². The summed E-state index contributed by atoms with van der Waals surface area (Å²) in [6.07, 6.45) is 1.49. The van der Waals surface area contributed by atoms with Crippen LogP contribution in [0, 0.1) is 0 Å².